The summed E-state index contributed by atoms with van der Waals surface area (Å²) >= 11 is 0. The number of hydrogen-bond donors (Lipinski definition) is 0. The van der Waals surface area contributed by atoms with Crippen LogP contribution in [0.2, 0.25) is 0 Å². The topological polar surface area (TPSA) is 57.0 Å². The van der Waals surface area contributed by atoms with Gasteiger partial charge in [-0.3, -0.25) is 0 Å². The van der Waals surface area contributed by atoms with Gasteiger partial charge < -0.3 is 11.0 Å². The summed E-state index contributed by atoms with van der Waals surface area (Å²) in [6.07, 6.45) is 0. The van der Waals surface area contributed by atoms with Gasteiger partial charge in [-0.2, -0.15) is 0 Å². The Balaban J connectivity index is 0. The van der Waals surface area contributed by atoms with E-state index in [4.69, 9.17) is 0 Å². The van der Waals surface area contributed by atoms with Gasteiger partial charge in [-0.15, -0.1) is 0 Å². The van der Waals surface area contributed by atoms with Crippen molar-refractivity contribution in [3.8, 4) is 0 Å². The molecule has 0 radical (unpaired) electrons. The summed E-state index contributed by atoms with van der Waals surface area (Å²) in [6, 6.07) is 0. The monoisotopic (exact) mass is 215 g/mol. The molecule has 0 N–H and O–H groups in total. The predicted molar refractivity (Wildman–Crippen MR) is 7.13 cm³/mol. The standard InChI is InChI=1S/Ba.2O.Sc/q+2;2*-2;+3. The van der Waals surface area contributed by atoms with E-state index >= 15 is 0 Å². The molecule has 0 spiro atoms. The molecule has 0 aliphatic heterocycles. The van der Waals surface area contributed by atoms with Crippen molar-refractivity contribution in [3.63, 3.8) is 0 Å². The molecular weight excluding hydrogens is 214 g/mol. The molecule has 0 fully saturated rings. The molecule has 0 heterocycles. The van der Waals surface area contributed by atoms with Crippen LogP contribution in [0.25, 0.3) is 0 Å². The zero-order valence-corrected chi connectivity index (χ0v) is 8.34. The summed E-state index contributed by atoms with van der Waals surface area (Å²) in [5, 5.41) is 0. The summed E-state index contributed by atoms with van der Waals surface area (Å²) in [6.45, 7) is 0. The van der Waals surface area contributed by atoms with Gasteiger partial charge in [0.2, 0.25) is 0 Å². The van der Waals surface area contributed by atoms with Crippen LogP contribution >= 0.6 is 0 Å². The minimum absolute atomic E-state index is 0. The summed E-state index contributed by atoms with van der Waals surface area (Å²) in [4.78, 5) is 0. The molecule has 0 saturated heterocycles. The Morgan fingerprint density at radius 1 is 0.750 bits per heavy atom. The van der Waals surface area contributed by atoms with Crippen LogP contribution in [0.15, 0.2) is 0 Å². The van der Waals surface area contributed by atoms with Gasteiger partial charge in [0, 0.05) is 0 Å². The molecule has 16 valence electrons. The second kappa shape index (κ2) is 18.3. The third kappa shape index (κ3) is 8.84. The molecule has 0 aliphatic rings. The van der Waals surface area contributed by atoms with Gasteiger partial charge in [-0.05, 0) is 0 Å². The van der Waals surface area contributed by atoms with Crippen LogP contribution in [0.5, 0.6) is 0 Å². The van der Waals surface area contributed by atoms with Gasteiger partial charge in [-0.25, -0.2) is 0 Å². The molecule has 0 aliphatic carbocycles. The molecule has 0 atom stereocenters. The Bertz CT molecular complexity index is 6.00. The maximum atomic E-state index is 0. The van der Waals surface area contributed by atoms with Crippen molar-refractivity contribution in [3.05, 3.63) is 0 Å². The zero-order valence-electron chi connectivity index (χ0n) is 2.10. The molecule has 0 rings (SSSR count). The SMILES string of the molecule is [Ba+2].[O-2].[O-2].[Sc+3]. The van der Waals surface area contributed by atoms with Crippen LogP contribution in [-0.2, 0) is 36.8 Å². The molecule has 0 aromatic carbocycles. The van der Waals surface area contributed by atoms with E-state index in [1.165, 1.54) is 0 Å². The van der Waals surface area contributed by atoms with Crippen molar-refractivity contribution in [2.75, 3.05) is 0 Å². The van der Waals surface area contributed by atoms with Crippen LogP contribution in [0.3, 0.4) is 0 Å². The quantitative estimate of drug-likeness (QED) is 0.483. The van der Waals surface area contributed by atoms with Crippen LogP contribution in [0.4, 0.5) is 0 Å². The van der Waals surface area contributed by atoms with Crippen molar-refractivity contribution in [2.24, 2.45) is 0 Å². The van der Waals surface area contributed by atoms with Crippen molar-refractivity contribution < 1.29 is 36.8 Å². The van der Waals surface area contributed by atoms with Gasteiger partial charge in [-0.1, -0.05) is 0 Å². The van der Waals surface area contributed by atoms with Crippen molar-refractivity contribution in [1.82, 2.24) is 0 Å². The fraction of sp³-hybridized carbons (Fsp3) is 0. The third-order valence-corrected chi connectivity index (χ3v) is 0. The van der Waals surface area contributed by atoms with E-state index in [-0.39, 0.29) is 85.7 Å². The maximum Gasteiger partial charge on any atom is 3.00 e. The maximum absolute atomic E-state index is 0. The average Bonchev–Trinajstić information content (AvgIpc) is 0. The Morgan fingerprint density at radius 3 is 0.750 bits per heavy atom. The Kier molecular flexibility index (Phi) is 150. The predicted octanol–water partition coefficient (Wildman–Crippen LogP) is -0.621. The van der Waals surface area contributed by atoms with E-state index in [1.54, 1.807) is 0 Å². The molecule has 0 unspecified atom stereocenters. The van der Waals surface area contributed by atoms with E-state index in [1.807, 2.05) is 0 Å². The van der Waals surface area contributed by atoms with Crippen molar-refractivity contribution in [1.29, 1.82) is 0 Å². The molecule has 0 amide bonds. The summed E-state index contributed by atoms with van der Waals surface area (Å²) in [7, 11) is 0. The summed E-state index contributed by atoms with van der Waals surface area (Å²) in [5.41, 5.74) is 0. The molecule has 4 heteroatoms. The Labute approximate surface area is 83.8 Å². The van der Waals surface area contributed by atoms with Crippen molar-refractivity contribution >= 4 is 48.9 Å². The van der Waals surface area contributed by atoms with Crippen LogP contribution in [0.1, 0.15) is 0 Å². The first-order chi connectivity index (χ1) is 0. The van der Waals surface area contributed by atoms with E-state index in [9.17, 15) is 0 Å². The number of hydrogen-bond acceptors (Lipinski definition) is 0. The van der Waals surface area contributed by atoms with Gasteiger partial charge in [0.05, 0.1) is 0 Å². The molecule has 0 aromatic rings. The molecule has 0 bridgehead atoms. The largest absolute Gasteiger partial charge is 3.00 e. The van der Waals surface area contributed by atoms with Crippen molar-refractivity contribution in [2.45, 2.75) is 0 Å². The van der Waals surface area contributed by atoms with E-state index in [0.29, 0.717) is 0 Å². The van der Waals surface area contributed by atoms with Crippen LogP contribution in [-0.4, -0.2) is 48.9 Å². The van der Waals surface area contributed by atoms with Gasteiger partial charge in [0.25, 0.3) is 0 Å². The van der Waals surface area contributed by atoms with Gasteiger partial charge in [0.1, 0.15) is 0 Å². The van der Waals surface area contributed by atoms with E-state index in [0.717, 1.165) is 0 Å². The summed E-state index contributed by atoms with van der Waals surface area (Å²) < 4.78 is 0. The molecular formula is BaO2Sc+. The Morgan fingerprint density at radius 2 is 0.750 bits per heavy atom. The average molecular weight is 214 g/mol. The normalized spacial score (nSPS) is 0. The van der Waals surface area contributed by atoms with E-state index < -0.39 is 0 Å². The van der Waals surface area contributed by atoms with Gasteiger partial charge in [0.15, 0.2) is 0 Å². The smallest absolute Gasteiger partial charge is 2.00 e. The first-order valence-electron chi connectivity index (χ1n) is 0. The third-order valence-electron chi connectivity index (χ3n) is 0. The summed E-state index contributed by atoms with van der Waals surface area (Å²) in [5.74, 6) is 0. The first-order valence-corrected chi connectivity index (χ1v) is 0. The van der Waals surface area contributed by atoms with Crippen LogP contribution < -0.4 is 0 Å². The second-order valence-electron chi connectivity index (χ2n) is 0. The number of rotatable bonds is 0. The minimum atomic E-state index is 0. The molecule has 4 heavy (non-hydrogen) atoms. The zero-order chi connectivity index (χ0) is 0. The van der Waals surface area contributed by atoms with Crippen LogP contribution in [0, 0.1) is 0 Å². The second-order valence-corrected chi connectivity index (χ2v) is 0. The minimum Gasteiger partial charge on any atom is -2.00 e. The Hall–Kier alpha value is 2.36. The fourth-order valence-corrected chi connectivity index (χ4v) is 0. The van der Waals surface area contributed by atoms with Gasteiger partial charge >= 0.3 is 74.7 Å². The molecule has 0 saturated carbocycles. The fourth-order valence-electron chi connectivity index (χ4n) is 0. The molecule has 2 nitrogen and oxygen atoms in total. The first kappa shape index (κ1) is 32.8. The molecule has 0 aromatic heterocycles. The van der Waals surface area contributed by atoms with E-state index in [2.05, 4.69) is 0 Å².